The lowest BCUT2D eigenvalue weighted by molar-refractivity contribution is -0.133. The summed E-state index contributed by atoms with van der Waals surface area (Å²) in [4.78, 5) is 29.8. The monoisotopic (exact) mass is 463 g/mol. The summed E-state index contributed by atoms with van der Waals surface area (Å²) < 4.78 is 11.0. The Hall–Kier alpha value is -3.74. The lowest BCUT2D eigenvalue weighted by atomic mass is 10.2. The van der Waals surface area contributed by atoms with Crippen molar-refractivity contribution in [3.05, 3.63) is 83.8 Å². The van der Waals surface area contributed by atoms with Gasteiger partial charge in [-0.2, -0.15) is 0 Å². The van der Waals surface area contributed by atoms with E-state index in [4.69, 9.17) is 9.15 Å². The van der Waals surface area contributed by atoms with Crippen LogP contribution in [0.4, 0.5) is 10.5 Å². The Morgan fingerprint density at radius 1 is 0.971 bits per heavy atom. The first-order valence-electron chi connectivity index (χ1n) is 11.4. The fourth-order valence-corrected chi connectivity index (χ4v) is 3.62. The summed E-state index contributed by atoms with van der Waals surface area (Å²) >= 11 is 0. The molecule has 3 aromatic rings. The second-order valence-corrected chi connectivity index (χ2v) is 8.68. The highest BCUT2D eigenvalue weighted by Gasteiger charge is 2.23. The maximum Gasteiger partial charge on any atom is 0.322 e. The Kier molecular flexibility index (Phi) is 8.73. The summed E-state index contributed by atoms with van der Waals surface area (Å²) in [6.45, 7) is 7.07. The van der Waals surface area contributed by atoms with E-state index >= 15 is 0 Å². The van der Waals surface area contributed by atoms with Gasteiger partial charge in [-0.1, -0.05) is 50.2 Å². The van der Waals surface area contributed by atoms with Crippen LogP contribution in [0.1, 0.15) is 30.9 Å². The molecule has 0 aliphatic carbocycles. The smallest absolute Gasteiger partial charge is 0.322 e. The van der Waals surface area contributed by atoms with Crippen LogP contribution in [0.2, 0.25) is 0 Å². The van der Waals surface area contributed by atoms with Crippen molar-refractivity contribution in [2.45, 2.75) is 33.9 Å². The van der Waals surface area contributed by atoms with Crippen LogP contribution in [0.3, 0.4) is 0 Å². The number of amides is 3. The summed E-state index contributed by atoms with van der Waals surface area (Å²) in [6, 6.07) is 20.4. The average molecular weight is 464 g/mol. The fraction of sp³-hybridized carbons (Fsp3) is 0.333. The molecular formula is C27H33N3O4. The minimum absolute atomic E-state index is 0.0412. The van der Waals surface area contributed by atoms with E-state index in [1.165, 1.54) is 0 Å². The van der Waals surface area contributed by atoms with Gasteiger partial charge in [0.1, 0.15) is 23.8 Å². The number of nitrogens with one attached hydrogen (secondary N) is 1. The van der Waals surface area contributed by atoms with E-state index in [9.17, 15) is 9.59 Å². The first kappa shape index (κ1) is 24.9. The molecule has 180 valence electrons. The van der Waals surface area contributed by atoms with Gasteiger partial charge in [0, 0.05) is 24.8 Å². The van der Waals surface area contributed by atoms with E-state index in [-0.39, 0.29) is 24.4 Å². The predicted octanol–water partition coefficient (Wildman–Crippen LogP) is 5.32. The molecule has 0 aliphatic heterocycles. The molecule has 0 saturated heterocycles. The van der Waals surface area contributed by atoms with E-state index in [1.807, 2.05) is 69.3 Å². The summed E-state index contributed by atoms with van der Waals surface area (Å²) in [5.41, 5.74) is 1.62. The highest BCUT2D eigenvalue weighted by atomic mass is 16.5. The highest BCUT2D eigenvalue weighted by Crippen LogP contribution is 2.18. The topological polar surface area (TPSA) is 75.0 Å². The van der Waals surface area contributed by atoms with E-state index < -0.39 is 0 Å². The number of furan rings is 1. The zero-order chi connectivity index (χ0) is 24.5. The quantitative estimate of drug-likeness (QED) is 0.442. The van der Waals surface area contributed by atoms with Crippen molar-refractivity contribution in [3.63, 3.8) is 0 Å². The van der Waals surface area contributed by atoms with Crippen molar-refractivity contribution in [1.82, 2.24) is 9.80 Å². The van der Waals surface area contributed by atoms with Crippen LogP contribution < -0.4 is 10.1 Å². The minimum atomic E-state index is -0.330. The molecule has 0 fully saturated rings. The Balaban J connectivity index is 1.76. The van der Waals surface area contributed by atoms with Crippen molar-refractivity contribution in [3.8, 4) is 5.75 Å². The summed E-state index contributed by atoms with van der Waals surface area (Å²) in [6.07, 6.45) is 0. The molecular weight excluding hydrogens is 430 g/mol. The molecule has 0 atom stereocenters. The van der Waals surface area contributed by atoms with Gasteiger partial charge in [-0.3, -0.25) is 4.79 Å². The molecule has 0 unspecified atom stereocenters. The number of nitrogens with zero attached hydrogens (tertiary/aromatic N) is 2. The predicted molar refractivity (Wildman–Crippen MR) is 133 cm³/mol. The molecule has 3 amide bonds. The van der Waals surface area contributed by atoms with Gasteiger partial charge in [-0.25, -0.2) is 4.79 Å². The van der Waals surface area contributed by atoms with E-state index in [2.05, 4.69) is 5.32 Å². The summed E-state index contributed by atoms with van der Waals surface area (Å²) in [5.74, 6) is 2.19. The Bertz CT molecular complexity index is 1080. The second-order valence-electron chi connectivity index (χ2n) is 8.68. The molecule has 0 radical (unpaired) electrons. The second kappa shape index (κ2) is 11.9. The van der Waals surface area contributed by atoms with Gasteiger partial charge in [0.25, 0.3) is 0 Å². The van der Waals surface area contributed by atoms with Crippen LogP contribution in [0.15, 0.2) is 71.1 Å². The standard InChI is InChI=1S/C27H33N3O4/c1-20(2)16-30(27(32)28-23-11-8-12-24(15-23)33-4)19-26(31)29(17-22-9-6-5-7-10-22)18-25-14-13-21(3)34-25/h5-15,20H,16-19H2,1-4H3,(H,28,32). The number of benzene rings is 2. The number of ether oxygens (including phenoxy) is 1. The molecule has 1 N–H and O–H groups in total. The van der Waals surface area contributed by atoms with E-state index in [0.717, 1.165) is 11.3 Å². The van der Waals surface area contributed by atoms with Gasteiger partial charge in [0.05, 0.1) is 13.7 Å². The number of rotatable bonds is 10. The summed E-state index contributed by atoms with van der Waals surface area (Å²) in [7, 11) is 1.58. The van der Waals surface area contributed by atoms with Crippen molar-refractivity contribution in [2.24, 2.45) is 5.92 Å². The molecule has 1 aromatic heterocycles. The number of aryl methyl sites for hydroxylation is 1. The fourth-order valence-electron chi connectivity index (χ4n) is 3.62. The van der Waals surface area contributed by atoms with Gasteiger partial charge in [-0.15, -0.1) is 0 Å². The number of anilines is 1. The van der Waals surface area contributed by atoms with Crippen molar-refractivity contribution >= 4 is 17.6 Å². The third kappa shape index (κ3) is 7.40. The largest absolute Gasteiger partial charge is 0.497 e. The number of hydrogen-bond donors (Lipinski definition) is 1. The highest BCUT2D eigenvalue weighted by molar-refractivity contribution is 5.92. The third-order valence-corrected chi connectivity index (χ3v) is 5.23. The molecule has 3 rings (SSSR count). The van der Waals surface area contributed by atoms with Crippen LogP contribution in [-0.2, 0) is 17.9 Å². The zero-order valence-corrected chi connectivity index (χ0v) is 20.3. The van der Waals surface area contributed by atoms with E-state index in [0.29, 0.717) is 36.8 Å². The minimum Gasteiger partial charge on any atom is -0.497 e. The lowest BCUT2D eigenvalue weighted by Crippen LogP contribution is -2.45. The SMILES string of the molecule is COc1cccc(NC(=O)N(CC(=O)N(Cc2ccccc2)Cc2ccc(C)o2)CC(C)C)c1. The maximum absolute atomic E-state index is 13.5. The first-order chi connectivity index (χ1) is 16.3. The van der Waals surface area contributed by atoms with Crippen LogP contribution in [0, 0.1) is 12.8 Å². The van der Waals surface area contributed by atoms with Crippen molar-refractivity contribution in [2.75, 3.05) is 25.5 Å². The Morgan fingerprint density at radius 2 is 1.74 bits per heavy atom. The van der Waals surface area contributed by atoms with Crippen LogP contribution >= 0.6 is 0 Å². The van der Waals surface area contributed by atoms with Gasteiger partial charge in [-0.05, 0) is 42.7 Å². The Labute approximate surface area is 201 Å². The van der Waals surface area contributed by atoms with Crippen molar-refractivity contribution in [1.29, 1.82) is 0 Å². The van der Waals surface area contributed by atoms with Crippen molar-refractivity contribution < 1.29 is 18.7 Å². The first-order valence-corrected chi connectivity index (χ1v) is 11.4. The lowest BCUT2D eigenvalue weighted by Gasteiger charge is -2.28. The molecule has 7 nitrogen and oxygen atoms in total. The molecule has 1 heterocycles. The number of carbonyl (C=O) groups is 2. The van der Waals surface area contributed by atoms with E-state index in [1.54, 1.807) is 35.1 Å². The number of urea groups is 1. The van der Waals surface area contributed by atoms with Crippen LogP contribution in [0.5, 0.6) is 5.75 Å². The zero-order valence-electron chi connectivity index (χ0n) is 20.3. The van der Waals surface area contributed by atoms with Crippen LogP contribution in [0.25, 0.3) is 0 Å². The average Bonchev–Trinajstić information content (AvgIpc) is 3.23. The number of hydrogen-bond acceptors (Lipinski definition) is 4. The maximum atomic E-state index is 13.5. The van der Waals surface area contributed by atoms with Crippen LogP contribution in [-0.4, -0.2) is 41.9 Å². The number of carbonyl (C=O) groups excluding carboxylic acids is 2. The molecule has 2 aromatic carbocycles. The molecule has 34 heavy (non-hydrogen) atoms. The van der Waals surface area contributed by atoms with Gasteiger partial charge >= 0.3 is 6.03 Å². The van der Waals surface area contributed by atoms with Gasteiger partial charge in [0.15, 0.2) is 0 Å². The third-order valence-electron chi connectivity index (χ3n) is 5.23. The van der Waals surface area contributed by atoms with Gasteiger partial charge in [0.2, 0.25) is 5.91 Å². The molecule has 0 spiro atoms. The normalized spacial score (nSPS) is 10.7. The van der Waals surface area contributed by atoms with Gasteiger partial charge < -0.3 is 24.3 Å². The molecule has 0 bridgehead atoms. The Morgan fingerprint density at radius 3 is 2.38 bits per heavy atom. The molecule has 0 saturated carbocycles. The molecule has 7 heteroatoms. The summed E-state index contributed by atoms with van der Waals surface area (Å²) in [5, 5.41) is 2.89. The molecule has 0 aliphatic rings. The number of methoxy groups -OCH3 is 1.